The fourth-order valence-corrected chi connectivity index (χ4v) is 1.74. The van der Waals surface area contributed by atoms with E-state index in [9.17, 15) is 4.79 Å². The van der Waals surface area contributed by atoms with E-state index >= 15 is 0 Å². The van der Waals surface area contributed by atoms with Crippen LogP contribution in [-0.4, -0.2) is 11.1 Å². The molecule has 0 amide bonds. The lowest BCUT2D eigenvalue weighted by Crippen LogP contribution is -2.11. The number of benzene rings is 1. The molecule has 0 aromatic heterocycles. The third-order valence-electron chi connectivity index (χ3n) is 2.59. The Morgan fingerprint density at radius 3 is 2.71 bits per heavy atom. The van der Waals surface area contributed by atoms with E-state index in [-0.39, 0.29) is 0 Å². The first kappa shape index (κ1) is 13.6. The number of nitrogens with two attached hydrogens (primary N) is 1. The van der Waals surface area contributed by atoms with Crippen molar-refractivity contribution in [2.24, 2.45) is 5.92 Å². The largest absolute Gasteiger partial charge is 0.481 e. The molecular weight excluding hydrogens is 238 g/mol. The van der Waals surface area contributed by atoms with Crippen LogP contribution in [-0.2, 0) is 4.79 Å². The summed E-state index contributed by atoms with van der Waals surface area (Å²) in [6.45, 7) is 3.63. The average molecular weight is 254 g/mol. The molecule has 1 aromatic rings. The van der Waals surface area contributed by atoms with Crippen molar-refractivity contribution in [1.29, 1.82) is 0 Å². The Labute approximate surface area is 106 Å². The van der Waals surface area contributed by atoms with Gasteiger partial charge in [-0.15, -0.1) is 0 Å². The highest BCUT2D eigenvalue weighted by Crippen LogP contribution is 2.28. The van der Waals surface area contributed by atoms with E-state index in [1.165, 1.54) is 0 Å². The van der Waals surface area contributed by atoms with Crippen LogP contribution in [0.5, 0.6) is 0 Å². The van der Waals surface area contributed by atoms with E-state index in [0.717, 1.165) is 17.6 Å². The molecule has 1 rings (SSSR count). The number of carbonyl (C=O) groups is 1. The number of allylic oxidation sites excluding steroid dienone is 1. The maximum atomic E-state index is 11.0. The number of rotatable bonds is 4. The van der Waals surface area contributed by atoms with Gasteiger partial charge in [0.2, 0.25) is 0 Å². The van der Waals surface area contributed by atoms with Crippen LogP contribution in [0, 0.1) is 5.92 Å². The molecule has 92 valence electrons. The second kappa shape index (κ2) is 5.73. The summed E-state index contributed by atoms with van der Waals surface area (Å²) < 4.78 is 0. The smallest absolute Gasteiger partial charge is 0.310 e. The molecule has 0 spiro atoms. The highest BCUT2D eigenvalue weighted by atomic mass is 35.5. The Balaban J connectivity index is 3.19. The van der Waals surface area contributed by atoms with Gasteiger partial charge in [-0.3, -0.25) is 4.79 Å². The van der Waals surface area contributed by atoms with Crippen molar-refractivity contribution in [3.8, 4) is 0 Å². The van der Waals surface area contributed by atoms with Crippen molar-refractivity contribution in [1.82, 2.24) is 0 Å². The lowest BCUT2D eigenvalue weighted by molar-refractivity contribution is -0.139. The predicted octanol–water partition coefficient (Wildman–Crippen LogP) is 3.44. The lowest BCUT2D eigenvalue weighted by Gasteiger charge is -2.13. The molecule has 0 saturated heterocycles. The van der Waals surface area contributed by atoms with Gasteiger partial charge in [0.1, 0.15) is 0 Å². The summed E-state index contributed by atoms with van der Waals surface area (Å²) in [6, 6.07) is 5.19. The average Bonchev–Trinajstić information content (AvgIpc) is 2.29. The molecule has 0 aliphatic carbocycles. The quantitative estimate of drug-likeness (QED) is 0.808. The van der Waals surface area contributed by atoms with Gasteiger partial charge in [0.05, 0.1) is 16.6 Å². The predicted molar refractivity (Wildman–Crippen MR) is 70.9 cm³/mol. The molecule has 1 aromatic carbocycles. The number of anilines is 1. The van der Waals surface area contributed by atoms with Crippen LogP contribution in [0.4, 0.5) is 5.69 Å². The first-order valence-corrected chi connectivity index (χ1v) is 5.83. The van der Waals surface area contributed by atoms with Crippen LogP contribution in [0.15, 0.2) is 24.3 Å². The van der Waals surface area contributed by atoms with E-state index in [4.69, 9.17) is 22.4 Å². The first-order valence-electron chi connectivity index (χ1n) is 5.45. The van der Waals surface area contributed by atoms with Crippen LogP contribution in [0.3, 0.4) is 0 Å². The summed E-state index contributed by atoms with van der Waals surface area (Å²) in [7, 11) is 0. The minimum Gasteiger partial charge on any atom is -0.481 e. The number of carboxylic acid groups (broad SMARTS) is 1. The Kier molecular flexibility index (Phi) is 4.58. The van der Waals surface area contributed by atoms with Crippen LogP contribution in [0.25, 0.3) is 5.57 Å². The van der Waals surface area contributed by atoms with Crippen molar-refractivity contribution >= 4 is 28.8 Å². The third-order valence-corrected chi connectivity index (χ3v) is 2.93. The van der Waals surface area contributed by atoms with Crippen molar-refractivity contribution in [3.63, 3.8) is 0 Å². The van der Waals surface area contributed by atoms with Gasteiger partial charge in [0.25, 0.3) is 0 Å². The van der Waals surface area contributed by atoms with E-state index in [0.29, 0.717) is 10.7 Å². The summed E-state index contributed by atoms with van der Waals surface area (Å²) in [4.78, 5) is 11.0. The van der Waals surface area contributed by atoms with Crippen LogP contribution >= 0.6 is 11.6 Å². The molecule has 1 atom stereocenters. The Morgan fingerprint density at radius 1 is 1.59 bits per heavy atom. The number of halogens is 1. The molecular formula is C13H16ClNO2. The Morgan fingerprint density at radius 2 is 2.24 bits per heavy atom. The number of hydrogen-bond donors (Lipinski definition) is 2. The first-order chi connectivity index (χ1) is 7.97. The molecule has 3 N–H and O–H groups in total. The summed E-state index contributed by atoms with van der Waals surface area (Å²) in [5.74, 6) is -1.41. The van der Waals surface area contributed by atoms with E-state index < -0.39 is 11.9 Å². The number of carboxylic acids is 1. The number of nitrogen functional groups attached to an aromatic ring is 1. The zero-order chi connectivity index (χ0) is 13.0. The highest BCUT2D eigenvalue weighted by molar-refractivity contribution is 6.33. The van der Waals surface area contributed by atoms with Crippen molar-refractivity contribution < 1.29 is 9.90 Å². The fourth-order valence-electron chi connectivity index (χ4n) is 1.62. The highest BCUT2D eigenvalue weighted by Gasteiger charge is 2.18. The maximum Gasteiger partial charge on any atom is 0.310 e. The minimum absolute atomic E-state index is 0.462. The zero-order valence-electron chi connectivity index (χ0n) is 9.90. The summed E-state index contributed by atoms with van der Waals surface area (Å²) in [5.41, 5.74) is 7.76. The molecule has 0 heterocycles. The lowest BCUT2D eigenvalue weighted by atomic mass is 9.93. The van der Waals surface area contributed by atoms with Gasteiger partial charge >= 0.3 is 5.97 Å². The number of aliphatic carboxylic acids is 1. The molecule has 0 fully saturated rings. The van der Waals surface area contributed by atoms with Gasteiger partial charge in [0, 0.05) is 0 Å². The molecule has 0 aliphatic heterocycles. The van der Waals surface area contributed by atoms with Crippen molar-refractivity contribution in [2.75, 3.05) is 5.73 Å². The topological polar surface area (TPSA) is 63.3 Å². The Hall–Kier alpha value is -1.48. The van der Waals surface area contributed by atoms with E-state index in [1.807, 2.05) is 13.0 Å². The summed E-state index contributed by atoms with van der Waals surface area (Å²) in [5, 5.41) is 9.55. The summed E-state index contributed by atoms with van der Waals surface area (Å²) >= 11 is 5.84. The van der Waals surface area contributed by atoms with Gasteiger partial charge in [0.15, 0.2) is 0 Å². The molecule has 17 heavy (non-hydrogen) atoms. The fraction of sp³-hybridized carbons (Fsp3) is 0.308. The van der Waals surface area contributed by atoms with Crippen LogP contribution in [0.2, 0.25) is 5.02 Å². The van der Waals surface area contributed by atoms with Gasteiger partial charge in [-0.2, -0.15) is 0 Å². The standard InChI is InChI=1S/C13H16ClNO2/c1-3-4-10(8(2)13(16)17)9-5-6-11(14)12(15)7-9/h4-8H,3,15H2,1-2H3,(H,16,17)/b10-4-. The summed E-state index contributed by atoms with van der Waals surface area (Å²) in [6.07, 6.45) is 2.68. The van der Waals surface area contributed by atoms with E-state index in [2.05, 4.69) is 0 Å². The minimum atomic E-state index is -0.849. The normalized spacial score (nSPS) is 13.5. The SMILES string of the molecule is CC/C=C(\c1ccc(Cl)c(N)c1)C(C)C(=O)O. The third kappa shape index (κ3) is 3.24. The van der Waals surface area contributed by atoms with Crippen molar-refractivity contribution in [3.05, 3.63) is 34.9 Å². The molecule has 4 heteroatoms. The Bertz CT molecular complexity index is 455. The zero-order valence-corrected chi connectivity index (χ0v) is 10.7. The maximum absolute atomic E-state index is 11.0. The van der Waals surface area contributed by atoms with Crippen LogP contribution < -0.4 is 5.73 Å². The monoisotopic (exact) mass is 253 g/mol. The van der Waals surface area contributed by atoms with Crippen LogP contribution in [0.1, 0.15) is 25.8 Å². The second-order valence-corrected chi connectivity index (χ2v) is 4.27. The molecule has 3 nitrogen and oxygen atoms in total. The van der Waals surface area contributed by atoms with E-state index in [1.54, 1.807) is 25.1 Å². The molecule has 0 saturated carbocycles. The van der Waals surface area contributed by atoms with Gasteiger partial charge in [-0.1, -0.05) is 30.7 Å². The molecule has 1 unspecified atom stereocenters. The second-order valence-electron chi connectivity index (χ2n) is 3.86. The van der Waals surface area contributed by atoms with Gasteiger partial charge < -0.3 is 10.8 Å². The molecule has 0 bridgehead atoms. The van der Waals surface area contributed by atoms with Gasteiger partial charge in [-0.05, 0) is 36.6 Å². The van der Waals surface area contributed by atoms with Gasteiger partial charge in [-0.25, -0.2) is 0 Å². The van der Waals surface area contributed by atoms with Crippen molar-refractivity contribution in [2.45, 2.75) is 20.3 Å². The molecule has 0 radical (unpaired) electrons. The number of hydrogen-bond acceptors (Lipinski definition) is 2. The molecule has 0 aliphatic rings.